The Morgan fingerprint density at radius 2 is 2.16 bits per heavy atom. The first-order valence-electron chi connectivity index (χ1n) is 4.88. The maximum atomic E-state index is 11.2. The number of nitro benzene ring substituents is 1. The predicted octanol–water partition coefficient (Wildman–Crippen LogP) is 2.19. The number of carbonyl (C=O) groups is 1. The van der Waals surface area contributed by atoms with E-state index in [9.17, 15) is 14.9 Å². The molecule has 0 bridgehead atoms. The summed E-state index contributed by atoms with van der Waals surface area (Å²) >= 11 is 3.14. The highest BCUT2D eigenvalue weighted by molar-refractivity contribution is 9.10. The number of hydrogen-bond donors (Lipinski definition) is 0. The van der Waals surface area contributed by atoms with Crippen molar-refractivity contribution in [3.63, 3.8) is 0 Å². The molecule has 0 saturated carbocycles. The van der Waals surface area contributed by atoms with Gasteiger partial charge in [-0.1, -0.05) is 15.9 Å². The molecular formula is C10H6BrN3O5. The molecule has 0 aliphatic carbocycles. The summed E-state index contributed by atoms with van der Waals surface area (Å²) in [5.74, 6) is -1.10. The standard InChI is InChI=1S/C10H6BrN3O5/c1-18-10(15)9-13-12-8(19-9)5-2-6(11)4-7(3-5)14(16)17/h2-4H,1H3. The summed E-state index contributed by atoms with van der Waals surface area (Å²) in [4.78, 5) is 21.4. The second-order valence-corrected chi connectivity index (χ2v) is 4.27. The van der Waals surface area contributed by atoms with Crippen LogP contribution in [0.15, 0.2) is 27.1 Å². The number of nitro groups is 1. The highest BCUT2D eigenvalue weighted by Crippen LogP contribution is 2.27. The first-order chi connectivity index (χ1) is 9.01. The van der Waals surface area contributed by atoms with Crippen molar-refractivity contribution in [2.24, 2.45) is 0 Å². The minimum absolute atomic E-state index is 0.00944. The maximum Gasteiger partial charge on any atom is 0.396 e. The minimum atomic E-state index is -0.775. The zero-order chi connectivity index (χ0) is 14.0. The molecule has 0 aliphatic rings. The van der Waals surface area contributed by atoms with Crippen LogP contribution in [0.1, 0.15) is 10.7 Å². The third-order valence-electron chi connectivity index (χ3n) is 2.13. The number of rotatable bonds is 3. The topological polar surface area (TPSA) is 108 Å². The van der Waals surface area contributed by atoms with Crippen LogP contribution in [0.5, 0.6) is 0 Å². The molecule has 0 unspecified atom stereocenters. The SMILES string of the molecule is COC(=O)c1nnc(-c2cc(Br)cc([N+](=O)[O-])c2)o1. The number of aromatic nitrogens is 2. The quantitative estimate of drug-likeness (QED) is 0.482. The van der Waals surface area contributed by atoms with E-state index in [1.165, 1.54) is 19.2 Å². The van der Waals surface area contributed by atoms with Gasteiger partial charge in [0.2, 0.25) is 5.89 Å². The van der Waals surface area contributed by atoms with E-state index in [-0.39, 0.29) is 17.5 Å². The van der Waals surface area contributed by atoms with Crippen LogP contribution in [0.4, 0.5) is 5.69 Å². The Morgan fingerprint density at radius 3 is 2.79 bits per heavy atom. The number of hydrogen-bond acceptors (Lipinski definition) is 7. The predicted molar refractivity (Wildman–Crippen MR) is 65.4 cm³/mol. The molecule has 2 aromatic rings. The molecular weight excluding hydrogens is 322 g/mol. The van der Waals surface area contributed by atoms with Crippen molar-refractivity contribution >= 4 is 27.6 Å². The van der Waals surface area contributed by atoms with Crippen molar-refractivity contribution in [2.75, 3.05) is 7.11 Å². The van der Waals surface area contributed by atoms with Crippen LogP contribution in [0, 0.1) is 10.1 Å². The molecule has 0 spiro atoms. The molecule has 1 heterocycles. The Balaban J connectivity index is 2.44. The van der Waals surface area contributed by atoms with Crippen LogP contribution in [-0.4, -0.2) is 28.2 Å². The summed E-state index contributed by atoms with van der Waals surface area (Å²) in [5, 5.41) is 17.9. The van der Waals surface area contributed by atoms with Crippen LogP contribution >= 0.6 is 15.9 Å². The summed E-state index contributed by atoms with van der Waals surface area (Å²) in [5.41, 5.74) is 0.186. The van der Waals surface area contributed by atoms with Crippen LogP contribution in [0.2, 0.25) is 0 Å². The van der Waals surface area contributed by atoms with E-state index < -0.39 is 10.9 Å². The van der Waals surface area contributed by atoms with Crippen LogP contribution < -0.4 is 0 Å². The van der Waals surface area contributed by atoms with E-state index in [1.54, 1.807) is 6.07 Å². The molecule has 0 amide bonds. The molecule has 9 heteroatoms. The van der Waals surface area contributed by atoms with Crippen molar-refractivity contribution in [2.45, 2.75) is 0 Å². The normalized spacial score (nSPS) is 10.2. The summed E-state index contributed by atoms with van der Waals surface area (Å²) in [6.07, 6.45) is 0. The number of methoxy groups -OCH3 is 1. The number of non-ortho nitro benzene ring substituents is 1. The van der Waals surface area contributed by atoms with Gasteiger partial charge in [-0.05, 0) is 6.07 Å². The monoisotopic (exact) mass is 327 g/mol. The molecule has 0 aliphatic heterocycles. The first-order valence-corrected chi connectivity index (χ1v) is 5.67. The van der Waals surface area contributed by atoms with Gasteiger partial charge in [-0.15, -0.1) is 10.2 Å². The fourth-order valence-corrected chi connectivity index (χ4v) is 1.79. The number of esters is 1. The number of benzene rings is 1. The average molecular weight is 328 g/mol. The van der Waals surface area contributed by atoms with Crippen LogP contribution in [0.25, 0.3) is 11.5 Å². The number of halogens is 1. The fraction of sp³-hybridized carbons (Fsp3) is 0.100. The van der Waals surface area contributed by atoms with Gasteiger partial charge in [0.15, 0.2) is 0 Å². The average Bonchev–Trinajstić information content (AvgIpc) is 2.86. The molecule has 8 nitrogen and oxygen atoms in total. The molecule has 98 valence electrons. The summed E-state index contributed by atoms with van der Waals surface area (Å²) in [7, 11) is 1.18. The first kappa shape index (κ1) is 13.1. The lowest BCUT2D eigenvalue weighted by atomic mass is 10.2. The maximum absolute atomic E-state index is 11.2. The summed E-state index contributed by atoms with van der Waals surface area (Å²) < 4.78 is 9.97. The van der Waals surface area contributed by atoms with Gasteiger partial charge in [-0.2, -0.15) is 0 Å². The Morgan fingerprint density at radius 1 is 1.42 bits per heavy atom. The van der Waals surface area contributed by atoms with Gasteiger partial charge in [0.25, 0.3) is 5.69 Å². The smallest absolute Gasteiger partial charge is 0.396 e. The van der Waals surface area contributed by atoms with E-state index in [1.807, 2.05) is 0 Å². The third-order valence-corrected chi connectivity index (χ3v) is 2.58. The largest absolute Gasteiger partial charge is 0.462 e. The van der Waals surface area contributed by atoms with E-state index in [0.29, 0.717) is 10.0 Å². The Kier molecular flexibility index (Phi) is 3.56. The van der Waals surface area contributed by atoms with E-state index in [4.69, 9.17) is 4.42 Å². The van der Waals surface area contributed by atoms with Gasteiger partial charge >= 0.3 is 11.9 Å². The van der Waals surface area contributed by atoms with Crippen molar-refractivity contribution < 1.29 is 18.9 Å². The lowest BCUT2D eigenvalue weighted by Gasteiger charge is -1.97. The molecule has 1 aromatic carbocycles. The highest BCUT2D eigenvalue weighted by Gasteiger charge is 2.18. The molecule has 0 saturated heterocycles. The van der Waals surface area contributed by atoms with Crippen LogP contribution in [-0.2, 0) is 4.74 Å². The van der Waals surface area contributed by atoms with E-state index in [0.717, 1.165) is 0 Å². The molecule has 0 fully saturated rings. The lowest BCUT2D eigenvalue weighted by Crippen LogP contribution is -2.00. The van der Waals surface area contributed by atoms with E-state index in [2.05, 4.69) is 30.9 Å². The van der Waals surface area contributed by atoms with Gasteiger partial charge < -0.3 is 9.15 Å². The van der Waals surface area contributed by atoms with Crippen LogP contribution in [0.3, 0.4) is 0 Å². The van der Waals surface area contributed by atoms with Gasteiger partial charge in [0, 0.05) is 22.2 Å². The molecule has 0 radical (unpaired) electrons. The molecule has 0 N–H and O–H groups in total. The Bertz CT molecular complexity index is 654. The number of carbonyl (C=O) groups excluding carboxylic acids is 1. The van der Waals surface area contributed by atoms with Crippen molar-refractivity contribution in [1.82, 2.24) is 10.2 Å². The van der Waals surface area contributed by atoms with Crippen molar-refractivity contribution in [3.05, 3.63) is 38.7 Å². The fourth-order valence-electron chi connectivity index (χ4n) is 1.31. The minimum Gasteiger partial charge on any atom is -0.462 e. The molecule has 19 heavy (non-hydrogen) atoms. The summed E-state index contributed by atoms with van der Waals surface area (Å²) in [6.45, 7) is 0. The summed E-state index contributed by atoms with van der Waals surface area (Å²) in [6, 6.07) is 4.15. The second kappa shape index (κ2) is 5.14. The number of nitrogens with zero attached hydrogens (tertiary/aromatic N) is 3. The highest BCUT2D eigenvalue weighted by atomic mass is 79.9. The lowest BCUT2D eigenvalue weighted by molar-refractivity contribution is -0.384. The molecule has 0 atom stereocenters. The molecule has 1 aromatic heterocycles. The Labute approximate surface area is 114 Å². The van der Waals surface area contributed by atoms with Gasteiger partial charge in [0.1, 0.15) is 0 Å². The number of ether oxygens (including phenoxy) is 1. The van der Waals surface area contributed by atoms with Gasteiger partial charge in [-0.3, -0.25) is 10.1 Å². The second-order valence-electron chi connectivity index (χ2n) is 3.36. The Hall–Kier alpha value is -2.29. The van der Waals surface area contributed by atoms with Crippen molar-refractivity contribution in [1.29, 1.82) is 0 Å². The van der Waals surface area contributed by atoms with Gasteiger partial charge in [0.05, 0.1) is 12.0 Å². The van der Waals surface area contributed by atoms with Crippen molar-refractivity contribution in [3.8, 4) is 11.5 Å². The van der Waals surface area contributed by atoms with E-state index >= 15 is 0 Å². The molecule has 2 rings (SSSR count). The zero-order valence-corrected chi connectivity index (χ0v) is 11.1. The zero-order valence-electron chi connectivity index (χ0n) is 9.49. The third kappa shape index (κ3) is 2.76. The van der Waals surface area contributed by atoms with Gasteiger partial charge in [-0.25, -0.2) is 4.79 Å².